The average molecular weight is 193 g/mol. The van der Waals surface area contributed by atoms with Crippen molar-refractivity contribution in [1.29, 1.82) is 0 Å². The SMILES string of the molecule is Nc1ccccc1.O=S(=O)(O)F. The fraction of sp³-hybridized carbons (Fsp3) is 0. The van der Waals surface area contributed by atoms with E-state index >= 15 is 0 Å². The largest absolute Gasteiger partial charge is 0.435 e. The van der Waals surface area contributed by atoms with E-state index in [4.69, 9.17) is 18.7 Å². The van der Waals surface area contributed by atoms with Crippen molar-refractivity contribution in [1.82, 2.24) is 0 Å². The number of benzene rings is 1. The summed E-state index contributed by atoms with van der Waals surface area (Å²) in [6.07, 6.45) is 0. The van der Waals surface area contributed by atoms with Crippen LogP contribution in [-0.2, 0) is 10.5 Å². The van der Waals surface area contributed by atoms with Gasteiger partial charge in [0.2, 0.25) is 0 Å². The minimum atomic E-state index is -5.17. The van der Waals surface area contributed by atoms with E-state index in [0.29, 0.717) is 0 Å². The molecule has 0 radical (unpaired) electrons. The van der Waals surface area contributed by atoms with Crippen molar-refractivity contribution in [2.24, 2.45) is 0 Å². The molecule has 1 rings (SSSR count). The second-order valence-corrected chi connectivity index (χ2v) is 2.65. The maximum atomic E-state index is 10.2. The van der Waals surface area contributed by atoms with E-state index in [9.17, 15) is 3.89 Å². The first-order valence-electron chi connectivity index (χ1n) is 2.87. The van der Waals surface area contributed by atoms with E-state index in [1.54, 1.807) is 0 Å². The average Bonchev–Trinajstić information content (AvgIpc) is 1.85. The van der Waals surface area contributed by atoms with Gasteiger partial charge in [0, 0.05) is 5.69 Å². The van der Waals surface area contributed by atoms with Crippen molar-refractivity contribution in [3.8, 4) is 0 Å². The molecule has 0 fully saturated rings. The number of nitrogens with two attached hydrogens (primary N) is 1. The van der Waals surface area contributed by atoms with Crippen LogP contribution in [0.15, 0.2) is 30.3 Å². The Morgan fingerprint density at radius 1 is 1.25 bits per heavy atom. The normalized spacial score (nSPS) is 9.83. The van der Waals surface area contributed by atoms with Crippen LogP contribution in [0.1, 0.15) is 0 Å². The molecule has 0 aromatic heterocycles. The van der Waals surface area contributed by atoms with E-state index in [1.807, 2.05) is 30.3 Å². The maximum Gasteiger partial charge on any atom is 0.435 e. The molecule has 0 atom stereocenters. The topological polar surface area (TPSA) is 80.4 Å². The summed E-state index contributed by atoms with van der Waals surface area (Å²) < 4.78 is 34.1. The van der Waals surface area contributed by atoms with E-state index in [1.165, 1.54) is 0 Å². The highest BCUT2D eigenvalue weighted by Gasteiger charge is 1.89. The molecule has 0 unspecified atom stereocenters. The van der Waals surface area contributed by atoms with Crippen LogP contribution in [0.2, 0.25) is 0 Å². The van der Waals surface area contributed by atoms with Gasteiger partial charge in [-0.15, -0.1) is 0 Å². The molecule has 0 amide bonds. The zero-order valence-electron chi connectivity index (χ0n) is 6.01. The molecule has 6 heteroatoms. The number of halogens is 1. The molecule has 0 heterocycles. The molecule has 0 spiro atoms. The number of nitrogen functional groups attached to an aromatic ring is 1. The zero-order valence-corrected chi connectivity index (χ0v) is 6.83. The molecule has 4 nitrogen and oxygen atoms in total. The van der Waals surface area contributed by atoms with Gasteiger partial charge in [0.1, 0.15) is 0 Å². The quantitative estimate of drug-likeness (QED) is 0.366. The van der Waals surface area contributed by atoms with Crippen LogP contribution in [0.3, 0.4) is 0 Å². The minimum Gasteiger partial charge on any atom is -0.399 e. The summed E-state index contributed by atoms with van der Waals surface area (Å²) in [5.41, 5.74) is 6.18. The number of rotatable bonds is 0. The number of anilines is 1. The summed E-state index contributed by atoms with van der Waals surface area (Å²) >= 11 is 0. The predicted molar refractivity (Wildman–Crippen MR) is 43.5 cm³/mol. The van der Waals surface area contributed by atoms with Crippen molar-refractivity contribution in [2.75, 3.05) is 5.73 Å². The Balaban J connectivity index is 0.000000217. The van der Waals surface area contributed by atoms with Gasteiger partial charge in [-0.3, -0.25) is 4.55 Å². The van der Waals surface area contributed by atoms with Gasteiger partial charge in [0.05, 0.1) is 0 Å². The molecule has 1 aromatic rings. The monoisotopic (exact) mass is 193 g/mol. The van der Waals surface area contributed by atoms with E-state index < -0.39 is 10.5 Å². The predicted octanol–water partition coefficient (Wildman–Crippen LogP) is 1.03. The lowest BCUT2D eigenvalue weighted by Crippen LogP contribution is -1.80. The highest BCUT2D eigenvalue weighted by atomic mass is 32.3. The van der Waals surface area contributed by atoms with Gasteiger partial charge in [-0.2, -0.15) is 8.42 Å². The van der Waals surface area contributed by atoms with Gasteiger partial charge in [-0.05, 0) is 12.1 Å². The summed E-state index contributed by atoms with van der Waals surface area (Å²) in [5, 5.41) is 0. The lowest BCUT2D eigenvalue weighted by Gasteiger charge is -1.83. The van der Waals surface area contributed by atoms with E-state index in [0.717, 1.165) is 5.69 Å². The van der Waals surface area contributed by atoms with Crippen LogP contribution < -0.4 is 5.73 Å². The standard InChI is InChI=1S/C6H7N.FHO3S/c7-6-4-2-1-3-5-6;1-5(2,3)4/h1-5H,7H2;(H,2,3,4). The van der Waals surface area contributed by atoms with Crippen LogP contribution in [0.4, 0.5) is 9.57 Å². The first-order chi connectivity index (χ1) is 5.39. The highest BCUT2D eigenvalue weighted by molar-refractivity contribution is 7.80. The molecule has 0 bridgehead atoms. The highest BCUT2D eigenvalue weighted by Crippen LogP contribution is 1.95. The molecule has 0 aliphatic heterocycles. The van der Waals surface area contributed by atoms with Crippen molar-refractivity contribution in [2.45, 2.75) is 0 Å². The van der Waals surface area contributed by atoms with E-state index in [-0.39, 0.29) is 0 Å². The molecular weight excluding hydrogens is 185 g/mol. The van der Waals surface area contributed by atoms with Gasteiger partial charge in [-0.25, -0.2) is 0 Å². The molecule has 0 saturated carbocycles. The number of hydrogen-bond acceptors (Lipinski definition) is 3. The summed E-state index contributed by atoms with van der Waals surface area (Å²) in [5.74, 6) is 0. The smallest absolute Gasteiger partial charge is 0.399 e. The van der Waals surface area contributed by atoms with Gasteiger partial charge in [0.25, 0.3) is 0 Å². The lowest BCUT2D eigenvalue weighted by atomic mass is 10.3. The Labute approximate surface area is 69.9 Å². The van der Waals surface area contributed by atoms with Gasteiger partial charge in [-0.1, -0.05) is 22.1 Å². The minimum absolute atomic E-state index is 0.822. The first kappa shape index (κ1) is 10.9. The first-order valence-corrected chi connectivity index (χ1v) is 4.21. The lowest BCUT2D eigenvalue weighted by molar-refractivity contribution is 0.435. The molecule has 12 heavy (non-hydrogen) atoms. The Hall–Kier alpha value is -1.14. The van der Waals surface area contributed by atoms with Gasteiger partial charge >= 0.3 is 10.5 Å². The molecule has 3 N–H and O–H groups in total. The van der Waals surface area contributed by atoms with Crippen molar-refractivity contribution in [3.05, 3.63) is 30.3 Å². The zero-order chi connectivity index (χ0) is 9.61. The van der Waals surface area contributed by atoms with Gasteiger partial charge < -0.3 is 5.73 Å². The van der Waals surface area contributed by atoms with Crippen LogP contribution in [0.5, 0.6) is 0 Å². The Morgan fingerprint density at radius 3 is 1.75 bits per heavy atom. The molecule has 0 aliphatic carbocycles. The molecule has 0 saturated heterocycles. The third kappa shape index (κ3) is 11.6. The number of para-hydroxylation sites is 1. The van der Waals surface area contributed by atoms with Crippen LogP contribution in [0.25, 0.3) is 0 Å². The second-order valence-electron chi connectivity index (χ2n) is 1.82. The van der Waals surface area contributed by atoms with Crippen molar-refractivity contribution in [3.63, 3.8) is 0 Å². The van der Waals surface area contributed by atoms with Crippen LogP contribution >= 0.6 is 0 Å². The Morgan fingerprint density at radius 2 is 1.58 bits per heavy atom. The second kappa shape index (κ2) is 4.68. The fourth-order valence-corrected chi connectivity index (χ4v) is 0.453. The van der Waals surface area contributed by atoms with Crippen molar-refractivity contribution >= 4 is 16.2 Å². The Bertz CT molecular complexity index is 303. The van der Waals surface area contributed by atoms with Crippen LogP contribution in [-0.4, -0.2) is 13.0 Å². The summed E-state index contributed by atoms with van der Waals surface area (Å²) in [4.78, 5) is 0. The number of hydrogen-bond donors (Lipinski definition) is 2. The van der Waals surface area contributed by atoms with Gasteiger partial charge in [0.15, 0.2) is 0 Å². The van der Waals surface area contributed by atoms with E-state index in [2.05, 4.69) is 0 Å². The molecule has 68 valence electrons. The Kier molecular flexibility index (Phi) is 4.24. The molecule has 1 aromatic carbocycles. The van der Waals surface area contributed by atoms with Crippen LogP contribution in [0, 0.1) is 0 Å². The third-order valence-electron chi connectivity index (χ3n) is 0.800. The summed E-state index contributed by atoms with van der Waals surface area (Å²) in [6.45, 7) is 0. The third-order valence-corrected chi connectivity index (χ3v) is 0.800. The summed E-state index contributed by atoms with van der Waals surface area (Å²) in [6, 6.07) is 9.49. The fourth-order valence-electron chi connectivity index (χ4n) is 0.453. The summed E-state index contributed by atoms with van der Waals surface area (Å²) in [7, 11) is -5.17. The molecule has 0 aliphatic rings. The molecular formula is C6H8FNO3S. The van der Waals surface area contributed by atoms with Crippen molar-refractivity contribution < 1.29 is 16.9 Å². The maximum absolute atomic E-state index is 10.2.